The molecule has 0 bridgehead atoms. The van der Waals surface area contributed by atoms with Gasteiger partial charge in [-0.15, -0.1) is 0 Å². The Morgan fingerprint density at radius 2 is 1.83 bits per heavy atom. The van der Waals surface area contributed by atoms with E-state index in [1.54, 1.807) is 0 Å². The van der Waals surface area contributed by atoms with E-state index >= 15 is 0 Å². The molecule has 5 heteroatoms. The second kappa shape index (κ2) is 7.39. The maximum Gasteiger partial charge on any atom is 0.218 e. The minimum absolute atomic E-state index is 0.370. The van der Waals surface area contributed by atoms with Gasteiger partial charge in [-0.25, -0.2) is 4.67 Å². The molecular weight excluding hydrogens is 371 g/mol. The van der Waals surface area contributed by atoms with Crippen molar-refractivity contribution in [2.45, 2.75) is 61.9 Å². The molecule has 1 saturated carbocycles. The Bertz CT molecular complexity index is 517. The summed E-state index contributed by atoms with van der Waals surface area (Å²) in [6, 6.07) is 11.6. The quantitative estimate of drug-likeness (QED) is 0.391. The van der Waals surface area contributed by atoms with Crippen molar-refractivity contribution >= 4 is 30.1 Å². The lowest BCUT2D eigenvalue weighted by Gasteiger charge is -2.33. The summed E-state index contributed by atoms with van der Waals surface area (Å²) < 4.78 is 12.0. The molecule has 4 rings (SSSR count). The topological polar surface area (TPSA) is 15.7 Å². The van der Waals surface area contributed by atoms with E-state index in [1.165, 1.54) is 57.2 Å². The molecule has 2 aliphatic heterocycles. The van der Waals surface area contributed by atoms with E-state index in [1.807, 2.05) is 0 Å². The Balaban J connectivity index is 1.54. The Kier molecular flexibility index (Phi) is 5.25. The van der Waals surface area contributed by atoms with Crippen LogP contribution in [-0.2, 0) is 4.52 Å². The highest BCUT2D eigenvalue weighted by Gasteiger charge is 2.45. The molecule has 1 aliphatic carbocycles. The van der Waals surface area contributed by atoms with Gasteiger partial charge in [-0.05, 0) is 37.8 Å². The number of para-hydroxylation sites is 1. The molecule has 3 aliphatic rings. The molecule has 0 radical (unpaired) electrons. The number of rotatable bonds is 3. The van der Waals surface area contributed by atoms with Crippen LogP contribution in [0.15, 0.2) is 30.3 Å². The van der Waals surface area contributed by atoms with Crippen LogP contribution in [0, 0.1) is 0 Å². The highest BCUT2D eigenvalue weighted by Crippen LogP contribution is 2.58. The molecule has 126 valence electrons. The van der Waals surface area contributed by atoms with Crippen LogP contribution < -0.4 is 4.67 Å². The molecule has 0 amide bonds. The van der Waals surface area contributed by atoms with Gasteiger partial charge in [0.25, 0.3) is 0 Å². The molecule has 0 aromatic heterocycles. The van der Waals surface area contributed by atoms with Crippen LogP contribution in [0.25, 0.3) is 0 Å². The number of hydrogen-bond donors (Lipinski definition) is 0. The first-order valence-corrected chi connectivity index (χ1v) is 11.1. The largest absolute Gasteiger partial charge is 0.322 e. The third-order valence-electron chi connectivity index (χ3n) is 5.31. The Morgan fingerprint density at radius 3 is 2.70 bits per heavy atom. The molecule has 0 spiro atoms. The van der Waals surface area contributed by atoms with Gasteiger partial charge < -0.3 is 9.19 Å². The summed E-state index contributed by atoms with van der Waals surface area (Å²) >= 11 is 3.91. The van der Waals surface area contributed by atoms with Crippen molar-refractivity contribution in [3.05, 3.63) is 30.3 Å². The minimum Gasteiger partial charge on any atom is -0.322 e. The summed E-state index contributed by atoms with van der Waals surface area (Å²) in [6.07, 6.45) is 9.49. The number of nitrogens with zero attached hydrogens (tertiary/aromatic N) is 2. The number of alkyl halides is 1. The third kappa shape index (κ3) is 3.46. The highest BCUT2D eigenvalue weighted by molar-refractivity contribution is 9.09. The Morgan fingerprint density at radius 1 is 1.00 bits per heavy atom. The molecule has 2 saturated heterocycles. The van der Waals surface area contributed by atoms with Crippen LogP contribution in [0.5, 0.6) is 0 Å². The van der Waals surface area contributed by atoms with Crippen LogP contribution in [0.3, 0.4) is 0 Å². The Hall–Kier alpha value is -0.150. The van der Waals surface area contributed by atoms with Crippen molar-refractivity contribution in [2.75, 3.05) is 17.8 Å². The molecular formula is C18H26BrN2OP. The van der Waals surface area contributed by atoms with E-state index in [2.05, 4.69) is 55.6 Å². The summed E-state index contributed by atoms with van der Waals surface area (Å²) in [5, 5.41) is 0. The lowest BCUT2D eigenvalue weighted by Crippen LogP contribution is -2.27. The maximum absolute atomic E-state index is 6.80. The number of fused-ring (bicyclic) bond motifs is 1. The molecule has 4 atom stereocenters. The first kappa shape index (κ1) is 16.3. The lowest BCUT2D eigenvalue weighted by molar-refractivity contribution is 0.198. The normalized spacial score (nSPS) is 35.3. The molecule has 0 N–H and O–H groups in total. The smallest absolute Gasteiger partial charge is 0.218 e. The van der Waals surface area contributed by atoms with E-state index < -0.39 is 8.45 Å². The molecule has 1 aromatic rings. The van der Waals surface area contributed by atoms with Gasteiger partial charge in [0, 0.05) is 29.6 Å². The second-order valence-electron chi connectivity index (χ2n) is 6.93. The Labute approximate surface area is 149 Å². The fraction of sp³-hybridized carbons (Fsp3) is 0.667. The average molecular weight is 397 g/mol. The van der Waals surface area contributed by atoms with Gasteiger partial charge in [0.05, 0.1) is 6.10 Å². The number of hydrogen-bond acceptors (Lipinski definition) is 3. The van der Waals surface area contributed by atoms with Crippen molar-refractivity contribution in [1.82, 2.24) is 4.67 Å². The van der Waals surface area contributed by atoms with E-state index in [0.29, 0.717) is 17.0 Å². The summed E-state index contributed by atoms with van der Waals surface area (Å²) in [5.41, 5.74) is 1.33. The second-order valence-corrected chi connectivity index (χ2v) is 9.82. The number of benzene rings is 1. The maximum atomic E-state index is 6.80. The summed E-state index contributed by atoms with van der Waals surface area (Å²) in [5.74, 6) is 0. The zero-order valence-corrected chi connectivity index (χ0v) is 16.1. The number of anilines is 1. The fourth-order valence-electron chi connectivity index (χ4n) is 4.03. The fourth-order valence-corrected chi connectivity index (χ4v) is 7.34. The van der Waals surface area contributed by atoms with Gasteiger partial charge >= 0.3 is 0 Å². The van der Waals surface area contributed by atoms with Crippen LogP contribution in [0.2, 0.25) is 0 Å². The first-order valence-electron chi connectivity index (χ1n) is 9.03. The van der Waals surface area contributed by atoms with Gasteiger partial charge in [-0.1, -0.05) is 53.4 Å². The van der Waals surface area contributed by atoms with Crippen molar-refractivity contribution in [1.29, 1.82) is 0 Å². The summed E-state index contributed by atoms with van der Waals surface area (Å²) in [4.78, 5) is 0.520. The zero-order valence-electron chi connectivity index (χ0n) is 13.6. The summed E-state index contributed by atoms with van der Waals surface area (Å²) in [7, 11) is -0.650. The monoisotopic (exact) mass is 396 g/mol. The number of halogens is 1. The highest BCUT2D eigenvalue weighted by atomic mass is 79.9. The molecule has 23 heavy (non-hydrogen) atoms. The molecule has 3 fully saturated rings. The van der Waals surface area contributed by atoms with Crippen molar-refractivity contribution in [3.8, 4) is 0 Å². The minimum atomic E-state index is -0.650. The molecule has 3 nitrogen and oxygen atoms in total. The predicted molar refractivity (Wildman–Crippen MR) is 101 cm³/mol. The van der Waals surface area contributed by atoms with Crippen molar-refractivity contribution in [2.24, 2.45) is 0 Å². The van der Waals surface area contributed by atoms with Gasteiger partial charge in [0.1, 0.15) is 0 Å². The van der Waals surface area contributed by atoms with Crippen LogP contribution >= 0.6 is 24.4 Å². The average Bonchev–Trinajstić information content (AvgIpc) is 3.10. The van der Waals surface area contributed by atoms with E-state index in [9.17, 15) is 0 Å². The van der Waals surface area contributed by atoms with Gasteiger partial charge in [-0.2, -0.15) is 0 Å². The molecule has 2 heterocycles. The van der Waals surface area contributed by atoms with E-state index in [0.717, 1.165) is 6.54 Å². The molecule has 1 unspecified atom stereocenters. The SMILES string of the molecule is Br[C@H]1CCCCC[C@@H]1OP1N(c2ccccc2)C[C@@H]2CCCN21. The summed E-state index contributed by atoms with van der Waals surface area (Å²) in [6.45, 7) is 2.34. The van der Waals surface area contributed by atoms with Gasteiger partial charge in [-0.3, -0.25) is 0 Å². The van der Waals surface area contributed by atoms with E-state index in [4.69, 9.17) is 4.52 Å². The van der Waals surface area contributed by atoms with Crippen molar-refractivity contribution < 1.29 is 4.52 Å². The third-order valence-corrected chi connectivity index (χ3v) is 8.59. The lowest BCUT2D eigenvalue weighted by atomic mass is 10.2. The van der Waals surface area contributed by atoms with Crippen molar-refractivity contribution in [3.63, 3.8) is 0 Å². The van der Waals surface area contributed by atoms with Crippen LogP contribution in [-0.4, -0.2) is 34.7 Å². The standard InChI is InChI=1S/C18H26BrN2OP/c19-17-11-5-2-6-12-18(17)22-23-20-13-7-10-16(20)14-21(23)15-8-3-1-4-9-15/h1,3-4,8-9,16-18H,2,5-7,10-14H2/t16-,17-,18-,23?/m0/s1. The first-order chi connectivity index (χ1) is 11.3. The zero-order chi connectivity index (χ0) is 15.6. The van der Waals surface area contributed by atoms with Gasteiger partial charge in [0.15, 0.2) is 0 Å². The van der Waals surface area contributed by atoms with Crippen LogP contribution in [0.4, 0.5) is 5.69 Å². The van der Waals surface area contributed by atoms with Gasteiger partial charge in [0.2, 0.25) is 8.45 Å². The van der Waals surface area contributed by atoms with E-state index in [-0.39, 0.29) is 0 Å². The predicted octanol–water partition coefficient (Wildman–Crippen LogP) is 5.31. The van der Waals surface area contributed by atoms with Crippen LogP contribution in [0.1, 0.15) is 44.9 Å². The molecule has 1 aromatic carbocycles.